The molecular formula is C26H20N10O9S3. The van der Waals surface area contributed by atoms with E-state index in [-0.39, 0.29) is 55.8 Å². The number of carbonyl (C=O) groups excluding carboxylic acids is 3. The zero-order valence-electron chi connectivity index (χ0n) is 24.1. The summed E-state index contributed by atoms with van der Waals surface area (Å²) >= 11 is 3.13. The van der Waals surface area contributed by atoms with Crippen LogP contribution < -0.4 is 11.1 Å². The normalized spacial score (nSPS) is 17.6. The second-order valence-corrected chi connectivity index (χ2v) is 12.8. The summed E-state index contributed by atoms with van der Waals surface area (Å²) < 4.78 is 1.04. The van der Waals surface area contributed by atoms with Crippen LogP contribution in [0.1, 0.15) is 32.4 Å². The first-order valence-electron chi connectivity index (χ1n) is 13.4. The average molecular weight is 713 g/mol. The fourth-order valence-electron chi connectivity index (χ4n) is 4.57. The molecule has 0 radical (unpaired) electrons. The van der Waals surface area contributed by atoms with Crippen LogP contribution in [0.15, 0.2) is 51.4 Å². The number of nitrogens with zero attached hydrogens (tertiary/aromatic N) is 8. The molecule has 2 aliphatic heterocycles. The number of β-lactam (4-membered cyclic amide) rings is 1. The second-order valence-electron chi connectivity index (χ2n) is 9.84. The van der Waals surface area contributed by atoms with Crippen LogP contribution in [-0.2, 0) is 19.2 Å². The summed E-state index contributed by atoms with van der Waals surface area (Å²) in [7, 11) is 0. The Morgan fingerprint density at radius 1 is 1.21 bits per heavy atom. The highest BCUT2D eigenvalue weighted by atomic mass is 32.2. The molecule has 0 aliphatic carbocycles. The molecule has 0 bridgehead atoms. The topological polar surface area (TPSA) is 278 Å². The Kier molecular flexibility index (Phi) is 8.68. The van der Waals surface area contributed by atoms with Crippen molar-refractivity contribution in [1.82, 2.24) is 39.8 Å². The fourth-order valence-corrected chi connectivity index (χ4v) is 7.68. The highest BCUT2D eigenvalue weighted by Crippen LogP contribution is 2.42. The number of aliphatic carboxylic acids is 1. The molecule has 2 amide bonds. The molecule has 2 aliphatic rings. The SMILES string of the molecule is Cc1nc2nc(C(=O)O)nn2c(SCC2=C(C(=O)O)N3C(=O)C(NC(=O)C(=NOC(=O)c4cccnc4)c4csc(N)n4)C3SC2)c1O. The summed E-state index contributed by atoms with van der Waals surface area (Å²) in [4.78, 5) is 84.6. The van der Waals surface area contributed by atoms with Crippen LogP contribution in [0.5, 0.6) is 5.75 Å². The number of nitrogens with one attached hydrogen (secondary N) is 1. The van der Waals surface area contributed by atoms with E-state index >= 15 is 0 Å². The van der Waals surface area contributed by atoms with Crippen LogP contribution >= 0.6 is 34.9 Å². The van der Waals surface area contributed by atoms with Gasteiger partial charge in [0.15, 0.2) is 16.6 Å². The maximum Gasteiger partial charge on any atom is 0.375 e. The van der Waals surface area contributed by atoms with Crippen molar-refractivity contribution in [3.63, 3.8) is 0 Å². The predicted octanol–water partition coefficient (Wildman–Crippen LogP) is 0.362. The van der Waals surface area contributed by atoms with Crippen molar-refractivity contribution in [1.29, 1.82) is 0 Å². The maximum atomic E-state index is 13.4. The zero-order valence-corrected chi connectivity index (χ0v) is 26.6. The molecule has 2 unspecified atom stereocenters. The van der Waals surface area contributed by atoms with Crippen LogP contribution in [0.4, 0.5) is 5.13 Å². The molecule has 0 saturated carbocycles. The Hall–Kier alpha value is -5.61. The number of hydrogen-bond acceptors (Lipinski definition) is 17. The number of aromatic carboxylic acids is 1. The summed E-state index contributed by atoms with van der Waals surface area (Å²) in [6, 6.07) is 1.77. The summed E-state index contributed by atoms with van der Waals surface area (Å²) in [6.45, 7) is 1.48. The summed E-state index contributed by atoms with van der Waals surface area (Å²) in [5.41, 5.74) is 5.46. The van der Waals surface area contributed by atoms with Crippen molar-refractivity contribution in [2.45, 2.75) is 23.4 Å². The van der Waals surface area contributed by atoms with Crippen molar-refractivity contribution in [2.24, 2.45) is 5.16 Å². The van der Waals surface area contributed by atoms with Gasteiger partial charge in [-0.25, -0.2) is 24.4 Å². The van der Waals surface area contributed by atoms with Gasteiger partial charge in [-0.15, -0.1) is 28.2 Å². The summed E-state index contributed by atoms with van der Waals surface area (Å²) in [5, 5.41) is 40.9. The monoisotopic (exact) mass is 712 g/mol. The highest BCUT2D eigenvalue weighted by molar-refractivity contribution is 8.01. The van der Waals surface area contributed by atoms with E-state index in [0.29, 0.717) is 5.57 Å². The zero-order chi connectivity index (χ0) is 34.3. The van der Waals surface area contributed by atoms with Crippen LogP contribution in [0.2, 0.25) is 0 Å². The number of aryl methyl sites for hydroxylation is 1. The quantitative estimate of drug-likeness (QED) is 0.0371. The number of oxime groups is 1. The Balaban J connectivity index is 1.21. The van der Waals surface area contributed by atoms with Crippen molar-refractivity contribution in [2.75, 3.05) is 17.2 Å². The van der Waals surface area contributed by atoms with E-state index < -0.39 is 52.7 Å². The number of amides is 2. The molecule has 1 saturated heterocycles. The molecule has 0 aromatic carbocycles. The van der Waals surface area contributed by atoms with Gasteiger partial charge >= 0.3 is 17.9 Å². The van der Waals surface area contributed by atoms with E-state index in [4.69, 9.17) is 10.6 Å². The number of thioether (sulfide) groups is 2. The minimum atomic E-state index is -1.41. The Morgan fingerprint density at radius 2 is 2.00 bits per heavy atom. The van der Waals surface area contributed by atoms with Gasteiger partial charge in [-0.3, -0.25) is 19.5 Å². The van der Waals surface area contributed by atoms with Gasteiger partial charge in [0.25, 0.3) is 23.4 Å². The Bertz CT molecular complexity index is 2080. The maximum absolute atomic E-state index is 13.4. The third kappa shape index (κ3) is 5.98. The van der Waals surface area contributed by atoms with E-state index in [2.05, 4.69) is 35.5 Å². The van der Waals surface area contributed by atoms with Crippen LogP contribution in [0, 0.1) is 6.92 Å². The molecule has 4 aromatic rings. The number of carboxylic acid groups (broad SMARTS) is 2. The summed E-state index contributed by atoms with van der Waals surface area (Å²) in [6.07, 6.45) is 2.69. The van der Waals surface area contributed by atoms with Gasteiger partial charge in [0.2, 0.25) is 0 Å². The van der Waals surface area contributed by atoms with Gasteiger partial charge in [0.1, 0.15) is 27.8 Å². The van der Waals surface area contributed by atoms with Gasteiger partial charge in [-0.1, -0.05) is 16.9 Å². The van der Waals surface area contributed by atoms with Crippen molar-refractivity contribution < 1.29 is 44.1 Å². The number of carboxylic acids is 2. The smallest absolute Gasteiger partial charge is 0.375 e. The number of aromatic nitrogens is 6. The molecule has 2 atom stereocenters. The highest BCUT2D eigenvalue weighted by Gasteiger charge is 2.54. The number of anilines is 1. The molecule has 19 nitrogen and oxygen atoms in total. The van der Waals surface area contributed by atoms with Crippen LogP contribution in [0.3, 0.4) is 0 Å². The van der Waals surface area contributed by atoms with Gasteiger partial charge in [0.05, 0.1) is 11.3 Å². The number of fused-ring (bicyclic) bond motifs is 2. The molecule has 22 heteroatoms. The van der Waals surface area contributed by atoms with E-state index in [9.17, 15) is 39.3 Å². The third-order valence-corrected chi connectivity index (χ3v) is 9.95. The molecular weight excluding hydrogens is 693 g/mol. The second kappa shape index (κ2) is 12.9. The molecule has 6 heterocycles. The first-order valence-corrected chi connectivity index (χ1v) is 16.3. The number of carbonyl (C=O) groups is 5. The minimum Gasteiger partial charge on any atom is -0.504 e. The minimum absolute atomic E-state index is 0.0223. The van der Waals surface area contributed by atoms with E-state index in [1.54, 1.807) is 0 Å². The van der Waals surface area contributed by atoms with Crippen molar-refractivity contribution in [3.05, 3.63) is 64.0 Å². The van der Waals surface area contributed by atoms with E-state index in [1.165, 1.54) is 48.6 Å². The molecule has 0 spiro atoms. The first-order chi connectivity index (χ1) is 22.9. The van der Waals surface area contributed by atoms with Crippen molar-refractivity contribution >= 4 is 81.2 Å². The van der Waals surface area contributed by atoms with Gasteiger partial charge in [-0.05, 0) is 24.6 Å². The van der Waals surface area contributed by atoms with Gasteiger partial charge in [-0.2, -0.15) is 9.50 Å². The lowest BCUT2D eigenvalue weighted by Gasteiger charge is -2.49. The summed E-state index contributed by atoms with van der Waals surface area (Å²) in [5.74, 6) is -6.22. The lowest BCUT2D eigenvalue weighted by molar-refractivity contribution is -0.150. The lowest BCUT2D eigenvalue weighted by Crippen LogP contribution is -2.71. The number of pyridine rings is 1. The molecule has 48 heavy (non-hydrogen) atoms. The predicted molar refractivity (Wildman–Crippen MR) is 167 cm³/mol. The third-order valence-electron chi connectivity index (χ3n) is 6.80. The molecule has 1 fully saturated rings. The number of thiazole rings is 1. The number of nitrogen functional groups attached to an aromatic ring is 1. The van der Waals surface area contributed by atoms with Crippen molar-refractivity contribution in [3.8, 4) is 5.75 Å². The van der Waals surface area contributed by atoms with Crippen LogP contribution in [-0.4, -0.2) is 108 Å². The van der Waals surface area contributed by atoms with Gasteiger partial charge < -0.3 is 31.2 Å². The molecule has 246 valence electrons. The number of aromatic hydroxyl groups is 1. The largest absolute Gasteiger partial charge is 0.504 e. The Labute approximate surface area is 279 Å². The van der Waals surface area contributed by atoms with Gasteiger partial charge in [0, 0.05) is 29.3 Å². The molecule has 6 rings (SSSR count). The number of rotatable bonds is 10. The lowest BCUT2D eigenvalue weighted by atomic mass is 10.0. The molecule has 6 N–H and O–H groups in total. The first kappa shape index (κ1) is 32.3. The number of hydrogen-bond donors (Lipinski definition) is 5. The molecule has 4 aromatic heterocycles. The fraction of sp³-hybridized carbons (Fsp3) is 0.192. The van der Waals surface area contributed by atoms with Crippen LogP contribution in [0.25, 0.3) is 5.78 Å². The van der Waals surface area contributed by atoms with E-state index in [0.717, 1.165) is 32.5 Å². The van der Waals surface area contributed by atoms with E-state index in [1.807, 2.05) is 0 Å². The number of nitrogens with two attached hydrogens (primary N) is 1. The Morgan fingerprint density at radius 3 is 2.67 bits per heavy atom. The average Bonchev–Trinajstić information content (AvgIpc) is 3.70. The standard InChI is InChI=1S/C26H20N10O9S3/c1-9-16(37)21(36-26(29-9)32-17(33-36)23(42)43)47-7-11-6-46-20-14(19(39)35(20)15(11)22(40)41)31-18(38)13(12-8-48-25(27)30-12)34-45-24(44)10-3-2-4-28-5-10/h2-5,8,14,20,37H,6-7H2,1H3,(H2,27,30)(H,31,38)(H,40,41)(H,42,43).